The highest BCUT2D eigenvalue weighted by Gasteiger charge is 2.31. The average Bonchev–Trinajstić information content (AvgIpc) is 3.02. The molecule has 0 fully saturated rings. The van der Waals surface area contributed by atoms with Crippen LogP contribution in [0.25, 0.3) is 0 Å². The maximum atomic E-state index is 13.3. The van der Waals surface area contributed by atoms with Crippen LogP contribution in [-0.2, 0) is 33.6 Å². The molecule has 0 radical (unpaired) electrons. The van der Waals surface area contributed by atoms with E-state index in [1.165, 1.54) is 0 Å². The number of rotatable bonds is 25. The van der Waals surface area contributed by atoms with Crippen LogP contribution in [0.15, 0.2) is 15.0 Å². The van der Waals surface area contributed by atoms with E-state index >= 15 is 0 Å². The summed E-state index contributed by atoms with van der Waals surface area (Å²) in [4.78, 5) is 98.2. The molecular weight excluding hydrogens is 666 g/mol. The first-order chi connectivity index (χ1) is 23.5. The summed E-state index contributed by atoms with van der Waals surface area (Å²) in [6.07, 6.45) is -0.567. The number of nitrogens with zero attached hydrogens (tertiary/aromatic N) is 3. The van der Waals surface area contributed by atoms with Gasteiger partial charge in [-0.15, -0.1) is 0 Å². The molecule has 24 heteroatoms. The Kier molecular flexibility index (Phi) is 21.4. The van der Waals surface area contributed by atoms with E-state index in [-0.39, 0.29) is 76.0 Å². The van der Waals surface area contributed by atoms with Gasteiger partial charge in [0.2, 0.25) is 29.5 Å². The number of nitrogens with two attached hydrogens (primary N) is 7. The Morgan fingerprint density at radius 2 is 0.940 bits per heavy atom. The van der Waals surface area contributed by atoms with Gasteiger partial charge in [0, 0.05) is 19.6 Å². The lowest BCUT2D eigenvalue weighted by molar-refractivity contribution is -0.143. The van der Waals surface area contributed by atoms with E-state index in [2.05, 4.69) is 41.6 Å². The smallest absolute Gasteiger partial charge is 0.326 e. The quantitative estimate of drug-likeness (QED) is 0.0237. The molecule has 0 heterocycles. The average molecular weight is 716 g/mol. The number of carboxylic acid groups (broad SMARTS) is 2. The number of carboxylic acids is 2. The van der Waals surface area contributed by atoms with Crippen molar-refractivity contribution in [2.45, 2.75) is 69.1 Å². The second kappa shape index (κ2) is 24.2. The lowest BCUT2D eigenvalue weighted by atomic mass is 10.1. The maximum absolute atomic E-state index is 13.3. The van der Waals surface area contributed by atoms with Crippen LogP contribution >= 0.6 is 0 Å². The normalized spacial score (nSPS) is 12.7. The lowest BCUT2D eigenvalue weighted by Crippen LogP contribution is -2.57. The van der Waals surface area contributed by atoms with Gasteiger partial charge in [0.15, 0.2) is 17.9 Å². The number of carbonyl (C=O) groups is 7. The van der Waals surface area contributed by atoms with Gasteiger partial charge in [0.25, 0.3) is 0 Å². The first kappa shape index (κ1) is 44.1. The summed E-state index contributed by atoms with van der Waals surface area (Å²) in [6.45, 7) is -0.842. The Morgan fingerprint density at radius 3 is 1.36 bits per heavy atom. The number of amides is 5. The van der Waals surface area contributed by atoms with Gasteiger partial charge < -0.3 is 76.9 Å². The molecule has 0 aliphatic rings. The Hall–Kier alpha value is -5.94. The zero-order valence-electron chi connectivity index (χ0n) is 27.4. The molecule has 0 spiro atoms. The highest BCUT2D eigenvalue weighted by molar-refractivity contribution is 5.96. The molecule has 21 N–H and O–H groups in total. The largest absolute Gasteiger partial charge is 0.481 e. The molecule has 0 bridgehead atoms. The second-order valence-corrected chi connectivity index (χ2v) is 10.6. The minimum absolute atomic E-state index is 0.0281. The molecule has 50 heavy (non-hydrogen) atoms. The van der Waals surface area contributed by atoms with Crippen LogP contribution in [0.3, 0.4) is 0 Å². The predicted molar refractivity (Wildman–Crippen MR) is 179 cm³/mol. The number of hydrogen-bond donors (Lipinski definition) is 14. The fourth-order valence-corrected chi connectivity index (χ4v) is 4.02. The van der Waals surface area contributed by atoms with Crippen LogP contribution in [0.4, 0.5) is 0 Å². The summed E-state index contributed by atoms with van der Waals surface area (Å²) in [5.41, 5.74) is 37.0. The molecule has 0 aromatic carbocycles. The monoisotopic (exact) mass is 715 g/mol. The van der Waals surface area contributed by atoms with Crippen LogP contribution in [0.1, 0.15) is 44.9 Å². The first-order valence-corrected chi connectivity index (χ1v) is 15.2. The van der Waals surface area contributed by atoms with Crippen LogP contribution in [-0.4, -0.2) is 126 Å². The van der Waals surface area contributed by atoms with Crippen molar-refractivity contribution in [2.24, 2.45) is 55.1 Å². The van der Waals surface area contributed by atoms with Gasteiger partial charge in [0.05, 0.1) is 19.5 Å². The molecule has 282 valence electrons. The minimum Gasteiger partial charge on any atom is -0.481 e. The lowest BCUT2D eigenvalue weighted by Gasteiger charge is -2.24. The molecule has 0 rings (SSSR count). The van der Waals surface area contributed by atoms with Crippen molar-refractivity contribution in [3.8, 4) is 0 Å². The molecule has 4 atom stereocenters. The molecule has 0 saturated carbocycles. The highest BCUT2D eigenvalue weighted by atomic mass is 16.4. The van der Waals surface area contributed by atoms with Crippen molar-refractivity contribution in [3.63, 3.8) is 0 Å². The number of aliphatic imine (C=N–C) groups is 3. The summed E-state index contributed by atoms with van der Waals surface area (Å²) in [5.74, 6) is -7.98. The summed E-state index contributed by atoms with van der Waals surface area (Å²) < 4.78 is 0. The Bertz CT molecular complexity index is 1260. The maximum Gasteiger partial charge on any atom is 0.326 e. The highest BCUT2D eigenvalue weighted by Crippen LogP contribution is 2.05. The topological polar surface area (TPSA) is 439 Å². The van der Waals surface area contributed by atoms with Crippen molar-refractivity contribution in [2.75, 3.05) is 32.7 Å². The van der Waals surface area contributed by atoms with Crippen LogP contribution < -0.4 is 66.7 Å². The number of aliphatic carboxylic acids is 2. The van der Waals surface area contributed by atoms with E-state index in [1.54, 1.807) is 0 Å². The number of carbonyl (C=O) groups excluding carboxylic acids is 5. The SMILES string of the molecule is NCC(=O)N[C@@H](CCCN=C(N)N)C(=O)NCC(=O)N[C@@H](CCCN=C(N)N)C(=O)N[C@@H](CC(=O)O)C(=O)N[C@@H](CCCN=C(N)N)C(=O)O. The van der Waals surface area contributed by atoms with Gasteiger partial charge in [-0.25, -0.2) is 4.79 Å². The predicted octanol–water partition coefficient (Wildman–Crippen LogP) is -7.28. The Labute approximate surface area is 286 Å². The van der Waals surface area contributed by atoms with Gasteiger partial charge in [-0.05, 0) is 38.5 Å². The fraction of sp³-hybridized carbons (Fsp3) is 0.615. The molecule has 24 nitrogen and oxygen atoms in total. The van der Waals surface area contributed by atoms with Crippen LogP contribution in [0.2, 0.25) is 0 Å². The second-order valence-electron chi connectivity index (χ2n) is 10.6. The molecule has 0 saturated heterocycles. The van der Waals surface area contributed by atoms with Gasteiger partial charge in [0.1, 0.15) is 24.2 Å². The molecule has 5 amide bonds. The van der Waals surface area contributed by atoms with E-state index < -0.39 is 85.2 Å². The summed E-state index contributed by atoms with van der Waals surface area (Å²) >= 11 is 0. The summed E-state index contributed by atoms with van der Waals surface area (Å²) in [6, 6.07) is -5.75. The number of nitrogens with one attached hydrogen (secondary N) is 5. The Morgan fingerprint density at radius 1 is 0.540 bits per heavy atom. The fourth-order valence-electron chi connectivity index (χ4n) is 4.02. The van der Waals surface area contributed by atoms with Gasteiger partial charge >= 0.3 is 11.9 Å². The molecule has 0 aliphatic heterocycles. The zero-order chi connectivity index (χ0) is 38.2. The van der Waals surface area contributed by atoms with Crippen LogP contribution in [0.5, 0.6) is 0 Å². The van der Waals surface area contributed by atoms with Gasteiger partial charge in [-0.3, -0.25) is 43.7 Å². The third kappa shape index (κ3) is 21.0. The standard InChI is InChI=1S/C26H49N15O9/c27-11-17(42)38-13(4-1-7-34-24(28)29)20(46)37-12-18(43)39-14(5-2-8-35-25(30)31)21(47)41-16(10-19(44)45)22(48)40-15(23(49)50)6-3-9-36-26(32)33/h13-16H,1-12,27H2,(H,37,46)(H,38,42)(H,39,43)(H,40,48)(H,41,47)(H,44,45)(H,49,50)(H4,28,29,34)(H4,30,31,35)(H4,32,33,36)/t13-,14-,15-,16-/m0/s1. The van der Waals surface area contributed by atoms with Crippen molar-refractivity contribution in [1.29, 1.82) is 0 Å². The van der Waals surface area contributed by atoms with E-state index in [1.807, 2.05) is 0 Å². The number of guanidine groups is 3. The molecule has 0 aromatic rings. The minimum atomic E-state index is -1.76. The van der Waals surface area contributed by atoms with E-state index in [4.69, 9.17) is 40.1 Å². The summed E-state index contributed by atoms with van der Waals surface area (Å²) in [5, 5.41) is 30.4. The van der Waals surface area contributed by atoms with Crippen molar-refractivity contribution < 1.29 is 43.8 Å². The van der Waals surface area contributed by atoms with Crippen molar-refractivity contribution >= 4 is 59.4 Å². The molecule has 0 aliphatic carbocycles. The van der Waals surface area contributed by atoms with Crippen molar-refractivity contribution in [1.82, 2.24) is 26.6 Å². The van der Waals surface area contributed by atoms with E-state index in [0.717, 1.165) is 0 Å². The third-order valence-electron chi connectivity index (χ3n) is 6.37. The number of hydrogen-bond acceptors (Lipinski definition) is 11. The Balaban J connectivity index is 5.76. The zero-order valence-corrected chi connectivity index (χ0v) is 27.4. The van der Waals surface area contributed by atoms with E-state index in [9.17, 15) is 43.8 Å². The molecule has 0 unspecified atom stereocenters. The van der Waals surface area contributed by atoms with Gasteiger partial charge in [-0.1, -0.05) is 0 Å². The summed E-state index contributed by atoms with van der Waals surface area (Å²) in [7, 11) is 0. The van der Waals surface area contributed by atoms with Gasteiger partial charge in [-0.2, -0.15) is 0 Å². The van der Waals surface area contributed by atoms with Crippen LogP contribution in [0, 0.1) is 0 Å². The molecular formula is C26H49N15O9. The third-order valence-corrected chi connectivity index (χ3v) is 6.37. The van der Waals surface area contributed by atoms with Crippen molar-refractivity contribution in [3.05, 3.63) is 0 Å². The van der Waals surface area contributed by atoms with E-state index in [0.29, 0.717) is 0 Å². The molecule has 0 aromatic heterocycles. The first-order valence-electron chi connectivity index (χ1n) is 15.2.